The largest absolute Gasteiger partial charge is 0.383 e. The number of aryl methyl sites for hydroxylation is 1. The highest BCUT2D eigenvalue weighted by molar-refractivity contribution is 6.31. The number of hydrogen-bond acceptors (Lipinski definition) is 5. The monoisotopic (exact) mass is 470 g/mol. The molecular formula is C23H27ClN6O3. The second-order valence-electron chi connectivity index (χ2n) is 7.66. The van der Waals surface area contributed by atoms with E-state index in [0.29, 0.717) is 35.9 Å². The Labute approximate surface area is 196 Å². The fraction of sp³-hybridized carbons (Fsp3) is 0.304. The van der Waals surface area contributed by atoms with Gasteiger partial charge in [0.25, 0.3) is 11.5 Å². The van der Waals surface area contributed by atoms with Gasteiger partial charge in [-0.05, 0) is 25.0 Å². The van der Waals surface area contributed by atoms with Gasteiger partial charge in [0.05, 0.1) is 12.2 Å². The van der Waals surface area contributed by atoms with E-state index in [2.05, 4.69) is 10.1 Å². The average molecular weight is 471 g/mol. The van der Waals surface area contributed by atoms with Crippen LogP contribution in [0.4, 0.5) is 11.5 Å². The van der Waals surface area contributed by atoms with Crippen LogP contribution in [-0.2, 0) is 17.9 Å². The van der Waals surface area contributed by atoms with Crippen molar-refractivity contribution in [2.24, 2.45) is 0 Å². The number of aromatic nitrogens is 4. The molecule has 1 amide bonds. The Hall–Kier alpha value is -3.59. The second-order valence-corrected chi connectivity index (χ2v) is 8.02. The van der Waals surface area contributed by atoms with Crippen LogP contribution in [0.3, 0.4) is 0 Å². The number of carbonyl (C=O) groups is 1. The number of nitrogens with two attached hydrogens (primary N) is 1. The summed E-state index contributed by atoms with van der Waals surface area (Å²) in [6.07, 6.45) is 4.40. The van der Waals surface area contributed by atoms with Crippen molar-refractivity contribution in [3.8, 4) is 0 Å². The predicted molar refractivity (Wildman–Crippen MR) is 131 cm³/mol. The van der Waals surface area contributed by atoms with Crippen LogP contribution >= 0.6 is 11.6 Å². The minimum atomic E-state index is -0.723. The first-order valence-corrected chi connectivity index (χ1v) is 11.0. The summed E-state index contributed by atoms with van der Waals surface area (Å²) >= 11 is 6.51. The molecule has 0 spiro atoms. The third-order valence-corrected chi connectivity index (χ3v) is 5.69. The highest BCUT2D eigenvalue weighted by Crippen LogP contribution is 2.23. The first-order valence-electron chi connectivity index (χ1n) is 10.6. The summed E-state index contributed by atoms with van der Waals surface area (Å²) < 4.78 is 2.93. The normalized spacial score (nSPS) is 11.3. The van der Waals surface area contributed by atoms with Crippen LogP contribution in [0.5, 0.6) is 0 Å². The van der Waals surface area contributed by atoms with Gasteiger partial charge in [-0.25, -0.2) is 9.48 Å². The molecule has 0 radical (unpaired) electrons. The van der Waals surface area contributed by atoms with Gasteiger partial charge >= 0.3 is 5.69 Å². The molecule has 0 bridgehead atoms. The van der Waals surface area contributed by atoms with Gasteiger partial charge in [0.15, 0.2) is 5.69 Å². The topological polar surface area (TPSA) is 119 Å². The van der Waals surface area contributed by atoms with E-state index in [1.165, 1.54) is 17.7 Å². The van der Waals surface area contributed by atoms with Crippen molar-refractivity contribution in [3.05, 3.63) is 79.2 Å². The standard InChI is InChI=1S/C23H27ClN6O3/c1-4-5-13-29-21(25)19(22(32)26-23(29)33)28(3)18(31)12-11-17-15(2)27-30(20(17)24)14-16-9-7-6-8-10-16/h6-12H,4-5,13-14,25H2,1-3H3,(H,26,32,33)/b12-11+. The Morgan fingerprint density at radius 3 is 2.64 bits per heavy atom. The van der Waals surface area contributed by atoms with Crippen LogP contribution in [-0.4, -0.2) is 32.3 Å². The van der Waals surface area contributed by atoms with Gasteiger partial charge < -0.3 is 10.6 Å². The number of rotatable bonds is 8. The molecule has 10 heteroatoms. The lowest BCUT2D eigenvalue weighted by Crippen LogP contribution is -2.38. The first-order chi connectivity index (χ1) is 15.7. The smallest absolute Gasteiger partial charge is 0.330 e. The molecule has 0 aliphatic carbocycles. The minimum Gasteiger partial charge on any atom is -0.383 e. The number of nitrogen functional groups attached to an aromatic ring is 1. The summed E-state index contributed by atoms with van der Waals surface area (Å²) in [6.45, 7) is 4.61. The van der Waals surface area contributed by atoms with Crippen LogP contribution in [0.2, 0.25) is 5.15 Å². The highest BCUT2D eigenvalue weighted by Gasteiger charge is 2.20. The van der Waals surface area contributed by atoms with Crippen LogP contribution < -0.4 is 21.9 Å². The molecule has 0 saturated heterocycles. The average Bonchev–Trinajstić information content (AvgIpc) is 3.04. The summed E-state index contributed by atoms with van der Waals surface area (Å²) in [5.74, 6) is -0.550. The van der Waals surface area contributed by atoms with Crippen molar-refractivity contribution in [2.45, 2.75) is 39.8 Å². The molecule has 0 fully saturated rings. The van der Waals surface area contributed by atoms with E-state index in [1.807, 2.05) is 37.3 Å². The molecule has 1 aromatic carbocycles. The number of carbonyl (C=O) groups excluding carboxylic acids is 1. The number of anilines is 2. The molecule has 9 nitrogen and oxygen atoms in total. The molecule has 3 rings (SSSR count). The molecule has 0 saturated carbocycles. The molecule has 2 heterocycles. The van der Waals surface area contributed by atoms with Crippen LogP contribution in [0, 0.1) is 6.92 Å². The summed E-state index contributed by atoms with van der Waals surface area (Å²) in [6, 6.07) is 9.76. The Kier molecular flexibility index (Phi) is 7.55. The first kappa shape index (κ1) is 24.1. The van der Waals surface area contributed by atoms with Crippen molar-refractivity contribution >= 4 is 35.1 Å². The second kappa shape index (κ2) is 10.4. The summed E-state index contributed by atoms with van der Waals surface area (Å²) in [5.41, 5.74) is 6.99. The number of nitrogens with zero attached hydrogens (tertiary/aromatic N) is 4. The number of H-pyrrole nitrogens is 1. The van der Waals surface area contributed by atoms with Gasteiger partial charge in [-0.3, -0.25) is 19.1 Å². The van der Waals surface area contributed by atoms with Crippen molar-refractivity contribution in [1.29, 1.82) is 0 Å². The molecule has 174 valence electrons. The molecule has 2 aromatic heterocycles. The number of likely N-dealkylation sites (N-methyl/N-ethyl adjacent to an activating group) is 1. The number of aromatic amines is 1. The SMILES string of the molecule is CCCCn1c(N)c(N(C)C(=O)/C=C/c2c(C)nn(Cc3ccccc3)c2Cl)c(=O)[nH]c1=O. The van der Waals surface area contributed by atoms with Crippen LogP contribution in [0.1, 0.15) is 36.6 Å². The van der Waals surface area contributed by atoms with E-state index in [1.54, 1.807) is 17.7 Å². The fourth-order valence-corrected chi connectivity index (χ4v) is 3.73. The third kappa shape index (κ3) is 5.25. The van der Waals surface area contributed by atoms with Crippen LogP contribution in [0.25, 0.3) is 6.08 Å². The van der Waals surface area contributed by atoms with E-state index in [4.69, 9.17) is 17.3 Å². The Morgan fingerprint density at radius 1 is 1.27 bits per heavy atom. The lowest BCUT2D eigenvalue weighted by atomic mass is 10.2. The van der Waals surface area contributed by atoms with Gasteiger partial charge in [0.1, 0.15) is 11.0 Å². The molecule has 0 atom stereocenters. The Bertz CT molecular complexity index is 1290. The van der Waals surface area contributed by atoms with Gasteiger partial charge in [0.2, 0.25) is 0 Å². The zero-order valence-corrected chi connectivity index (χ0v) is 19.6. The maximum atomic E-state index is 12.8. The Balaban J connectivity index is 1.86. The number of amides is 1. The highest BCUT2D eigenvalue weighted by atomic mass is 35.5. The van der Waals surface area contributed by atoms with Crippen molar-refractivity contribution < 1.29 is 4.79 Å². The molecule has 0 aliphatic rings. The molecular weight excluding hydrogens is 444 g/mol. The quantitative estimate of drug-likeness (QED) is 0.490. The number of halogens is 1. The van der Waals surface area contributed by atoms with Crippen molar-refractivity contribution in [1.82, 2.24) is 19.3 Å². The number of benzene rings is 1. The zero-order chi connectivity index (χ0) is 24.1. The minimum absolute atomic E-state index is 0.0497. The summed E-state index contributed by atoms with van der Waals surface area (Å²) in [4.78, 5) is 40.7. The van der Waals surface area contributed by atoms with E-state index < -0.39 is 17.2 Å². The van der Waals surface area contributed by atoms with Gasteiger partial charge in [-0.1, -0.05) is 55.3 Å². The summed E-state index contributed by atoms with van der Waals surface area (Å²) in [5, 5.41) is 4.86. The van der Waals surface area contributed by atoms with Gasteiger partial charge in [0, 0.05) is 25.2 Å². The molecule has 3 N–H and O–H groups in total. The lowest BCUT2D eigenvalue weighted by molar-refractivity contribution is -0.113. The van der Waals surface area contributed by atoms with Crippen molar-refractivity contribution in [3.63, 3.8) is 0 Å². The molecule has 0 aliphatic heterocycles. The van der Waals surface area contributed by atoms with E-state index in [-0.39, 0.29) is 11.5 Å². The lowest BCUT2D eigenvalue weighted by Gasteiger charge is -2.19. The number of nitrogens with one attached hydrogen (secondary N) is 1. The van der Waals surface area contributed by atoms with Gasteiger partial charge in [-0.2, -0.15) is 5.10 Å². The fourth-order valence-electron chi connectivity index (χ4n) is 3.43. The predicted octanol–water partition coefficient (Wildman–Crippen LogP) is 2.80. The maximum absolute atomic E-state index is 12.8. The van der Waals surface area contributed by atoms with Gasteiger partial charge in [-0.15, -0.1) is 0 Å². The van der Waals surface area contributed by atoms with Crippen molar-refractivity contribution in [2.75, 3.05) is 17.7 Å². The maximum Gasteiger partial charge on any atom is 0.330 e. The molecule has 33 heavy (non-hydrogen) atoms. The zero-order valence-electron chi connectivity index (χ0n) is 18.8. The molecule has 3 aromatic rings. The molecule has 0 unspecified atom stereocenters. The van der Waals surface area contributed by atoms with E-state index >= 15 is 0 Å². The van der Waals surface area contributed by atoms with Crippen LogP contribution in [0.15, 0.2) is 46.0 Å². The number of unbranched alkanes of at least 4 members (excludes halogenated alkanes) is 1. The van der Waals surface area contributed by atoms with E-state index in [0.717, 1.165) is 16.9 Å². The summed E-state index contributed by atoms with van der Waals surface area (Å²) in [7, 11) is 1.43. The number of hydrogen-bond donors (Lipinski definition) is 2. The Morgan fingerprint density at radius 2 is 1.97 bits per heavy atom. The third-order valence-electron chi connectivity index (χ3n) is 5.29. The van der Waals surface area contributed by atoms with E-state index in [9.17, 15) is 14.4 Å².